The van der Waals surface area contributed by atoms with E-state index in [0.29, 0.717) is 5.96 Å². The van der Waals surface area contributed by atoms with E-state index in [2.05, 4.69) is 25.8 Å². The molecule has 3 N–H and O–H groups in total. The number of hydrogen-bond donors (Lipinski definition) is 3. The van der Waals surface area contributed by atoms with Gasteiger partial charge < -0.3 is 25.6 Å². The van der Waals surface area contributed by atoms with Crippen molar-refractivity contribution in [2.75, 3.05) is 38.0 Å². The minimum absolute atomic E-state index is 0.0783. The van der Waals surface area contributed by atoms with E-state index in [9.17, 15) is 4.79 Å². The summed E-state index contributed by atoms with van der Waals surface area (Å²) in [7, 11) is 0. The molecule has 1 aromatic carbocycles. The summed E-state index contributed by atoms with van der Waals surface area (Å²) in [5, 5.41) is 9.62. The number of hydrogen-bond acceptors (Lipinski definition) is 4. The Labute approximate surface area is 188 Å². The lowest BCUT2D eigenvalue weighted by Crippen LogP contribution is -2.42. The third-order valence-corrected chi connectivity index (χ3v) is 4.78. The zero-order valence-electron chi connectivity index (χ0n) is 20.0. The molecule has 1 aliphatic heterocycles. The van der Waals surface area contributed by atoms with Crippen molar-refractivity contribution in [2.45, 2.75) is 71.9 Å². The minimum Gasteiger partial charge on any atom is -0.491 e. The molecule has 0 saturated carbocycles. The number of nitrogens with one attached hydrogen (secondary N) is 3. The van der Waals surface area contributed by atoms with Crippen molar-refractivity contribution in [2.24, 2.45) is 4.99 Å². The Hall–Kier alpha value is -2.28. The van der Waals surface area contributed by atoms with Gasteiger partial charge in [0.25, 0.3) is 0 Å². The van der Waals surface area contributed by atoms with Crippen molar-refractivity contribution in [1.29, 1.82) is 0 Å². The molecule has 2 rings (SSSR count). The summed E-state index contributed by atoms with van der Waals surface area (Å²) in [6.07, 6.45) is 5.02. The van der Waals surface area contributed by atoms with E-state index in [1.807, 2.05) is 58.9 Å². The van der Waals surface area contributed by atoms with Crippen LogP contribution in [-0.2, 0) is 4.79 Å². The van der Waals surface area contributed by atoms with Crippen molar-refractivity contribution in [3.8, 4) is 5.75 Å². The van der Waals surface area contributed by atoms with Gasteiger partial charge in [-0.1, -0.05) is 0 Å². The Morgan fingerprint density at radius 2 is 1.81 bits per heavy atom. The normalized spacial score (nSPS) is 15.2. The summed E-state index contributed by atoms with van der Waals surface area (Å²) < 4.78 is 5.70. The summed E-state index contributed by atoms with van der Waals surface area (Å²) in [6.45, 7) is 14.4. The first-order valence-electron chi connectivity index (χ1n) is 11.6. The largest absolute Gasteiger partial charge is 0.491 e. The van der Waals surface area contributed by atoms with E-state index in [-0.39, 0.29) is 24.1 Å². The van der Waals surface area contributed by atoms with Gasteiger partial charge in [-0.3, -0.25) is 4.79 Å². The lowest BCUT2D eigenvalue weighted by Gasteiger charge is -2.20. The fourth-order valence-corrected chi connectivity index (χ4v) is 3.45. The number of guanidine groups is 1. The molecule has 1 heterocycles. The zero-order chi connectivity index (χ0) is 22.7. The lowest BCUT2D eigenvalue weighted by molar-refractivity contribution is -0.121. The predicted molar refractivity (Wildman–Crippen MR) is 129 cm³/mol. The highest BCUT2D eigenvalue weighted by Gasteiger charge is 2.14. The molecule has 31 heavy (non-hydrogen) atoms. The average molecular weight is 432 g/mol. The van der Waals surface area contributed by atoms with Crippen molar-refractivity contribution < 1.29 is 9.53 Å². The van der Waals surface area contributed by atoms with Crippen LogP contribution in [0.25, 0.3) is 0 Å². The molecule has 7 nitrogen and oxygen atoms in total. The third-order valence-electron chi connectivity index (χ3n) is 4.78. The minimum atomic E-state index is -0.268. The molecule has 0 radical (unpaired) electrons. The van der Waals surface area contributed by atoms with Crippen LogP contribution >= 0.6 is 0 Å². The van der Waals surface area contributed by atoms with E-state index in [4.69, 9.17) is 4.74 Å². The number of amides is 1. The number of nitrogens with zero attached hydrogens (tertiary/aromatic N) is 2. The lowest BCUT2D eigenvalue weighted by atomic mass is 10.1. The number of likely N-dealkylation sites (tertiary alicyclic amines) is 1. The Balaban J connectivity index is 1.89. The van der Waals surface area contributed by atoms with Crippen molar-refractivity contribution >= 4 is 17.6 Å². The Morgan fingerprint density at radius 3 is 2.42 bits per heavy atom. The van der Waals surface area contributed by atoms with Gasteiger partial charge in [0, 0.05) is 17.8 Å². The van der Waals surface area contributed by atoms with Gasteiger partial charge in [-0.25, -0.2) is 4.99 Å². The first-order valence-corrected chi connectivity index (χ1v) is 11.6. The fourth-order valence-electron chi connectivity index (χ4n) is 3.45. The van der Waals surface area contributed by atoms with Crippen LogP contribution in [0.5, 0.6) is 5.75 Å². The highest BCUT2D eigenvalue weighted by Crippen LogP contribution is 2.17. The Kier molecular flexibility index (Phi) is 10.1. The van der Waals surface area contributed by atoms with Crippen molar-refractivity contribution in [3.63, 3.8) is 0 Å². The summed E-state index contributed by atoms with van der Waals surface area (Å²) in [6, 6.07) is 7.78. The monoisotopic (exact) mass is 431 g/mol. The van der Waals surface area contributed by atoms with Crippen LogP contribution in [0.2, 0.25) is 0 Å². The van der Waals surface area contributed by atoms with Gasteiger partial charge in [0.15, 0.2) is 5.96 Å². The van der Waals surface area contributed by atoms with Crippen LogP contribution < -0.4 is 20.7 Å². The molecule has 174 valence electrons. The highest BCUT2D eigenvalue weighted by atomic mass is 16.5. The molecule has 0 unspecified atom stereocenters. The van der Waals surface area contributed by atoms with Crippen molar-refractivity contribution in [3.05, 3.63) is 24.3 Å². The molecule has 1 fully saturated rings. The number of unbranched alkanes of at least 4 members (excludes halogenated alkanes) is 1. The Morgan fingerprint density at radius 1 is 1.13 bits per heavy atom. The summed E-state index contributed by atoms with van der Waals surface area (Å²) in [4.78, 5) is 19.2. The standard InChI is InChI=1S/C24H41N5O2/c1-19(2)31-21-12-10-20(11-13-21)27-23(26-18-22(30)28-24(3,4)5)25-14-6-7-15-29-16-8-9-17-29/h10-13,19H,6-9,14-18H2,1-5H3,(H,28,30)(H2,25,26,27). The van der Waals surface area contributed by atoms with Gasteiger partial charge >= 0.3 is 0 Å². The van der Waals surface area contributed by atoms with E-state index in [1.54, 1.807) is 0 Å². The Bertz CT molecular complexity index is 689. The quantitative estimate of drug-likeness (QED) is 0.300. The molecule has 0 atom stereocenters. The van der Waals surface area contributed by atoms with Crippen LogP contribution in [0.3, 0.4) is 0 Å². The number of anilines is 1. The van der Waals surface area contributed by atoms with E-state index >= 15 is 0 Å². The molecule has 0 aliphatic carbocycles. The summed E-state index contributed by atoms with van der Waals surface area (Å²) >= 11 is 0. The summed E-state index contributed by atoms with van der Waals surface area (Å²) in [5.41, 5.74) is 0.630. The molecule has 1 aliphatic rings. The average Bonchev–Trinajstić information content (AvgIpc) is 3.19. The van der Waals surface area contributed by atoms with Gasteiger partial charge in [-0.2, -0.15) is 0 Å². The van der Waals surface area contributed by atoms with E-state index in [0.717, 1.165) is 37.4 Å². The first kappa shape index (κ1) is 25.0. The zero-order valence-corrected chi connectivity index (χ0v) is 20.0. The van der Waals surface area contributed by atoms with Crippen LogP contribution in [0.1, 0.15) is 60.3 Å². The number of rotatable bonds is 10. The van der Waals surface area contributed by atoms with Crippen LogP contribution in [0, 0.1) is 0 Å². The predicted octanol–water partition coefficient (Wildman–Crippen LogP) is 3.62. The fraction of sp³-hybridized carbons (Fsp3) is 0.667. The van der Waals surface area contributed by atoms with Crippen LogP contribution in [-0.4, -0.2) is 61.1 Å². The second kappa shape index (κ2) is 12.5. The number of ether oxygens (including phenoxy) is 1. The maximum atomic E-state index is 12.2. The molecule has 7 heteroatoms. The SMILES string of the molecule is CC(C)Oc1ccc(NC(=NCC(=O)NC(C)(C)C)NCCCCN2CCCC2)cc1. The molecule has 0 spiro atoms. The molecule has 0 aromatic heterocycles. The number of carbonyl (C=O) groups is 1. The molecule has 0 bridgehead atoms. The first-order chi connectivity index (χ1) is 14.7. The number of benzene rings is 1. The number of carbonyl (C=O) groups excluding carboxylic acids is 1. The second-order valence-electron chi connectivity index (χ2n) is 9.46. The maximum Gasteiger partial charge on any atom is 0.242 e. The van der Waals surface area contributed by atoms with E-state index < -0.39 is 0 Å². The van der Waals surface area contributed by atoms with Crippen molar-refractivity contribution in [1.82, 2.24) is 15.5 Å². The molecular weight excluding hydrogens is 390 g/mol. The third kappa shape index (κ3) is 11.1. The second-order valence-corrected chi connectivity index (χ2v) is 9.46. The van der Waals surface area contributed by atoms with E-state index in [1.165, 1.54) is 25.9 Å². The molecular formula is C24H41N5O2. The molecule has 1 amide bonds. The summed E-state index contributed by atoms with van der Waals surface area (Å²) in [5.74, 6) is 1.35. The van der Waals surface area contributed by atoms with Gasteiger partial charge in [0.1, 0.15) is 12.3 Å². The molecule has 1 saturated heterocycles. The van der Waals surface area contributed by atoms with Gasteiger partial charge in [-0.15, -0.1) is 0 Å². The topological polar surface area (TPSA) is 78.0 Å². The number of aliphatic imine (C=N–C) groups is 1. The van der Waals surface area contributed by atoms with Crippen LogP contribution in [0.4, 0.5) is 5.69 Å². The maximum absolute atomic E-state index is 12.2. The van der Waals surface area contributed by atoms with Crippen LogP contribution in [0.15, 0.2) is 29.3 Å². The van der Waals surface area contributed by atoms with Gasteiger partial charge in [-0.05, 0) is 104 Å². The van der Waals surface area contributed by atoms with Gasteiger partial charge in [0.05, 0.1) is 6.10 Å². The highest BCUT2D eigenvalue weighted by molar-refractivity contribution is 5.95. The van der Waals surface area contributed by atoms with Gasteiger partial charge in [0.2, 0.25) is 5.91 Å². The molecule has 1 aromatic rings. The smallest absolute Gasteiger partial charge is 0.242 e.